The number of anilines is 1. The van der Waals surface area contributed by atoms with Gasteiger partial charge in [0.15, 0.2) is 23.2 Å². The number of carboxylic acids is 1. The van der Waals surface area contributed by atoms with Gasteiger partial charge in [0.05, 0.1) is 12.9 Å². The molecule has 0 bridgehead atoms. The quantitative estimate of drug-likeness (QED) is 0.171. The van der Waals surface area contributed by atoms with Gasteiger partial charge in [0.1, 0.15) is 24.6 Å². The van der Waals surface area contributed by atoms with Crippen molar-refractivity contribution in [2.24, 2.45) is 0 Å². The summed E-state index contributed by atoms with van der Waals surface area (Å²) in [5, 5.41) is 41.1. The number of benzene rings is 2. The molecule has 1 saturated heterocycles. The normalized spacial score (nSPS) is 19.8. The van der Waals surface area contributed by atoms with Crippen molar-refractivity contribution in [1.82, 2.24) is 29.1 Å². The molecule has 0 radical (unpaired) electrons. The molecule has 0 aliphatic carbocycles. The van der Waals surface area contributed by atoms with Crippen LogP contribution in [0, 0.1) is 0 Å². The number of aliphatic hydroxyl groups excluding tert-OH is 3. The van der Waals surface area contributed by atoms with Crippen LogP contribution in [0.4, 0.5) is 19.0 Å². The molecule has 6 rings (SSSR count). The van der Waals surface area contributed by atoms with Crippen molar-refractivity contribution in [3.05, 3.63) is 96.8 Å². The van der Waals surface area contributed by atoms with Crippen molar-refractivity contribution in [2.75, 3.05) is 18.5 Å². The molecule has 236 valence electrons. The van der Waals surface area contributed by atoms with Gasteiger partial charge in [0.2, 0.25) is 5.95 Å². The zero-order chi connectivity index (χ0) is 32.1. The van der Waals surface area contributed by atoms with Gasteiger partial charge in [-0.05, 0) is 11.1 Å². The third-order valence-corrected chi connectivity index (χ3v) is 7.06. The van der Waals surface area contributed by atoms with Gasteiger partial charge in [0, 0.05) is 24.9 Å². The monoisotopic (exact) mass is 627 g/mol. The number of aliphatic carboxylic acids is 1. The Morgan fingerprint density at radius 3 is 2.11 bits per heavy atom. The molecule has 4 atom stereocenters. The first-order chi connectivity index (χ1) is 21.6. The number of carbonyl (C=O) groups is 1. The van der Waals surface area contributed by atoms with Gasteiger partial charge in [-0.1, -0.05) is 60.7 Å². The van der Waals surface area contributed by atoms with Crippen LogP contribution in [-0.4, -0.2) is 93.1 Å². The maximum atomic E-state index is 10.6. The van der Waals surface area contributed by atoms with E-state index in [-0.39, 0.29) is 5.92 Å². The van der Waals surface area contributed by atoms with Crippen molar-refractivity contribution >= 4 is 23.0 Å². The second-order valence-corrected chi connectivity index (χ2v) is 9.95. The van der Waals surface area contributed by atoms with E-state index in [2.05, 4.69) is 44.5 Å². The highest BCUT2D eigenvalue weighted by atomic mass is 19.4. The molecule has 1 fully saturated rings. The smallest absolute Gasteiger partial charge is 0.475 e. The van der Waals surface area contributed by atoms with E-state index >= 15 is 0 Å². The molecule has 4 heterocycles. The molecule has 2 aromatic carbocycles. The summed E-state index contributed by atoms with van der Waals surface area (Å²) in [7, 11) is 0. The number of aliphatic hydroxyl groups is 3. The molecule has 5 aromatic rings. The summed E-state index contributed by atoms with van der Waals surface area (Å²) in [4.78, 5) is 27.0. The Hall–Kier alpha value is -4.90. The molecule has 3 aromatic heterocycles. The lowest BCUT2D eigenvalue weighted by atomic mass is 9.91. The first-order valence-corrected chi connectivity index (χ1v) is 13.6. The zero-order valence-electron chi connectivity index (χ0n) is 23.3. The number of ether oxygens (including phenoxy) is 1. The topological polar surface area (TPSA) is 181 Å². The second-order valence-electron chi connectivity index (χ2n) is 9.95. The van der Waals surface area contributed by atoms with Gasteiger partial charge in [-0.2, -0.15) is 23.1 Å². The van der Waals surface area contributed by atoms with E-state index in [4.69, 9.17) is 19.6 Å². The Labute approximate surface area is 253 Å². The number of rotatable bonds is 8. The van der Waals surface area contributed by atoms with Crippen LogP contribution in [0.25, 0.3) is 17.1 Å². The Bertz CT molecular complexity index is 1660. The molecule has 5 N–H and O–H groups in total. The summed E-state index contributed by atoms with van der Waals surface area (Å²) in [6.07, 6.45) is -3.05. The lowest BCUT2D eigenvalue weighted by Crippen LogP contribution is -2.33. The van der Waals surface area contributed by atoms with Gasteiger partial charge < -0.3 is 30.5 Å². The first-order valence-electron chi connectivity index (χ1n) is 13.6. The number of hydrogen-bond acceptors (Lipinski definition) is 10. The van der Waals surface area contributed by atoms with Crippen LogP contribution in [-0.2, 0) is 9.53 Å². The number of halogens is 3. The fourth-order valence-electron chi connectivity index (χ4n) is 4.81. The number of fused-ring (bicyclic) bond motifs is 1. The van der Waals surface area contributed by atoms with Crippen molar-refractivity contribution in [3.63, 3.8) is 0 Å². The lowest BCUT2D eigenvalue weighted by Gasteiger charge is -2.20. The summed E-state index contributed by atoms with van der Waals surface area (Å²) in [6, 6.07) is 20.5. The van der Waals surface area contributed by atoms with Gasteiger partial charge in [-0.3, -0.25) is 9.13 Å². The van der Waals surface area contributed by atoms with Crippen LogP contribution in [0.5, 0.6) is 0 Å². The van der Waals surface area contributed by atoms with Gasteiger partial charge in [-0.25, -0.2) is 14.8 Å². The molecule has 1 aliphatic heterocycles. The zero-order valence-corrected chi connectivity index (χ0v) is 23.3. The fraction of sp³-hybridized carbons (Fsp3) is 0.276. The van der Waals surface area contributed by atoms with Gasteiger partial charge >= 0.3 is 12.1 Å². The number of carboxylic acid groups (broad SMARTS) is 1. The standard InChI is InChI=1S/C27H27N7O4.C2HF3O2/c35-14-20-22(36)23(37)26(38-20)34-16-30-21-24(31-27(32-25(21)34)33-12-11-28-15-33)29-13-19(17-7-3-1-4-8-17)18-9-5-2-6-10-18;3-2(4,5)1(6)7/h1-12,15-16,19-20,22-23,26,35-37H,13-14H2,(H,29,31,32);(H,6,7)/t20-,22-,23-,26-;/m1./s1. The predicted molar refractivity (Wildman–Crippen MR) is 152 cm³/mol. The van der Waals surface area contributed by atoms with Crippen LogP contribution in [0.2, 0.25) is 0 Å². The number of nitrogens with one attached hydrogen (secondary N) is 1. The Balaban J connectivity index is 0.000000515. The Morgan fingerprint density at radius 2 is 1.60 bits per heavy atom. The van der Waals surface area contributed by atoms with Crippen molar-refractivity contribution in [1.29, 1.82) is 0 Å². The van der Waals surface area contributed by atoms with E-state index in [0.29, 0.717) is 29.5 Å². The molecule has 0 spiro atoms. The van der Waals surface area contributed by atoms with Crippen LogP contribution >= 0.6 is 0 Å². The molecule has 13 nitrogen and oxygen atoms in total. The van der Waals surface area contributed by atoms with Crippen LogP contribution in [0.15, 0.2) is 85.7 Å². The predicted octanol–water partition coefficient (Wildman–Crippen LogP) is 2.50. The second kappa shape index (κ2) is 13.4. The minimum absolute atomic E-state index is 0.0432. The molecular formula is C29H28F3N7O6. The lowest BCUT2D eigenvalue weighted by molar-refractivity contribution is -0.192. The fourth-order valence-corrected chi connectivity index (χ4v) is 4.81. The van der Waals surface area contributed by atoms with Gasteiger partial charge in [0.25, 0.3) is 0 Å². The SMILES string of the molecule is O=C(O)C(F)(F)F.OC[C@H]1O[C@@H](n2cnc3c(NCC(c4ccccc4)c4ccccc4)nc(-n4ccnc4)nc32)[C@H](O)[C@@H]1O. The third-order valence-electron chi connectivity index (χ3n) is 7.06. The molecule has 16 heteroatoms. The molecule has 1 aliphatic rings. The highest BCUT2D eigenvalue weighted by Gasteiger charge is 2.44. The highest BCUT2D eigenvalue weighted by Crippen LogP contribution is 2.33. The number of imidazole rings is 2. The van der Waals surface area contributed by atoms with Crippen LogP contribution in [0.1, 0.15) is 23.3 Å². The van der Waals surface area contributed by atoms with Crippen molar-refractivity contribution < 1.29 is 43.1 Å². The van der Waals surface area contributed by atoms with E-state index in [1.807, 2.05) is 36.4 Å². The van der Waals surface area contributed by atoms with E-state index in [0.717, 1.165) is 11.1 Å². The summed E-state index contributed by atoms with van der Waals surface area (Å²) in [5.41, 5.74) is 3.19. The number of alkyl halides is 3. The summed E-state index contributed by atoms with van der Waals surface area (Å²) >= 11 is 0. The molecule has 0 amide bonds. The number of hydrogen-bond donors (Lipinski definition) is 5. The highest BCUT2D eigenvalue weighted by molar-refractivity contribution is 5.84. The average molecular weight is 628 g/mol. The molecule has 0 unspecified atom stereocenters. The molecular weight excluding hydrogens is 599 g/mol. The van der Waals surface area contributed by atoms with E-state index in [1.54, 1.807) is 27.9 Å². The minimum atomic E-state index is -5.08. The molecule has 45 heavy (non-hydrogen) atoms. The van der Waals surface area contributed by atoms with Crippen LogP contribution in [0.3, 0.4) is 0 Å². The number of aromatic nitrogens is 6. The van der Waals surface area contributed by atoms with Gasteiger partial charge in [-0.15, -0.1) is 0 Å². The molecule has 0 saturated carbocycles. The first kappa shape index (κ1) is 31.5. The maximum Gasteiger partial charge on any atom is 0.490 e. The maximum absolute atomic E-state index is 10.6. The largest absolute Gasteiger partial charge is 0.490 e. The van der Waals surface area contributed by atoms with Crippen molar-refractivity contribution in [2.45, 2.75) is 36.6 Å². The average Bonchev–Trinajstić information content (AvgIpc) is 3.78. The Morgan fingerprint density at radius 1 is 0.978 bits per heavy atom. The van der Waals surface area contributed by atoms with E-state index in [9.17, 15) is 28.5 Å². The summed E-state index contributed by atoms with van der Waals surface area (Å²) in [5.74, 6) is -1.86. The number of nitrogens with zero attached hydrogens (tertiary/aromatic N) is 6. The van der Waals surface area contributed by atoms with E-state index in [1.165, 1.54) is 6.33 Å². The van der Waals surface area contributed by atoms with Crippen LogP contribution < -0.4 is 5.32 Å². The van der Waals surface area contributed by atoms with Crippen molar-refractivity contribution in [3.8, 4) is 5.95 Å². The summed E-state index contributed by atoms with van der Waals surface area (Å²) < 4.78 is 40.7. The van der Waals surface area contributed by atoms with E-state index < -0.39 is 43.3 Å². The Kier molecular flexibility index (Phi) is 9.38. The minimum Gasteiger partial charge on any atom is -0.475 e. The third kappa shape index (κ3) is 6.93. The summed E-state index contributed by atoms with van der Waals surface area (Å²) in [6.45, 7) is 0.105.